The highest BCUT2D eigenvalue weighted by atomic mass is 32.2. The van der Waals surface area contributed by atoms with Crippen LogP contribution in [0.1, 0.15) is 57.8 Å². The Hall–Kier alpha value is -0.380. The first-order chi connectivity index (χ1) is 7.60. The minimum atomic E-state index is -2.96. The zero-order chi connectivity index (χ0) is 11.6. The molecule has 0 amide bonds. The van der Waals surface area contributed by atoms with Crippen LogP contribution in [-0.4, -0.2) is 24.7 Å². The molecule has 0 aromatic rings. The monoisotopic (exact) mass is 244 g/mol. The van der Waals surface area contributed by atoms with Crippen molar-refractivity contribution in [1.29, 1.82) is 0 Å². The molecule has 0 aromatic carbocycles. The normalized spacial score (nSPS) is 25.9. The summed E-state index contributed by atoms with van der Waals surface area (Å²) in [5.41, 5.74) is 0. The lowest BCUT2D eigenvalue weighted by atomic mass is 9.99. The molecule has 0 saturated heterocycles. The van der Waals surface area contributed by atoms with Gasteiger partial charge in [-0.1, -0.05) is 19.3 Å². The number of sulfone groups is 1. The molecule has 2 fully saturated rings. The summed E-state index contributed by atoms with van der Waals surface area (Å²) in [5, 5.41) is -0.340. The van der Waals surface area contributed by atoms with Gasteiger partial charge in [-0.15, -0.1) is 0 Å². The van der Waals surface area contributed by atoms with Crippen LogP contribution in [0.25, 0.3) is 0 Å². The van der Waals surface area contributed by atoms with Crippen molar-refractivity contribution >= 4 is 15.6 Å². The van der Waals surface area contributed by atoms with Gasteiger partial charge in [-0.2, -0.15) is 0 Å². The molecule has 0 heterocycles. The summed E-state index contributed by atoms with van der Waals surface area (Å²) < 4.78 is 24.7. The van der Waals surface area contributed by atoms with E-state index in [1.54, 1.807) is 0 Å². The predicted molar refractivity (Wildman–Crippen MR) is 63.1 cm³/mol. The first kappa shape index (κ1) is 12.1. The van der Waals surface area contributed by atoms with E-state index in [1.807, 2.05) is 0 Å². The Morgan fingerprint density at radius 2 is 1.31 bits per heavy atom. The minimum Gasteiger partial charge on any atom is -0.300 e. The van der Waals surface area contributed by atoms with E-state index in [-0.39, 0.29) is 16.3 Å². The van der Waals surface area contributed by atoms with E-state index in [1.165, 1.54) is 6.42 Å². The second-order valence-electron chi connectivity index (χ2n) is 5.09. The third kappa shape index (κ3) is 2.47. The average Bonchev–Trinajstić information content (AvgIpc) is 2.31. The van der Waals surface area contributed by atoms with Crippen LogP contribution in [0, 0.1) is 0 Å². The second kappa shape index (κ2) is 4.86. The fourth-order valence-electron chi connectivity index (χ4n) is 2.91. The standard InChI is InChI=1S/C12H20O3S/c13-10-6-8-12(9-7-10)16(14,15)11-4-2-1-3-5-11/h11-12H,1-9H2. The van der Waals surface area contributed by atoms with E-state index < -0.39 is 9.84 Å². The average molecular weight is 244 g/mol. The van der Waals surface area contributed by atoms with Crippen molar-refractivity contribution < 1.29 is 13.2 Å². The van der Waals surface area contributed by atoms with Gasteiger partial charge in [0.1, 0.15) is 5.78 Å². The Labute approximate surface area is 97.5 Å². The van der Waals surface area contributed by atoms with E-state index in [4.69, 9.17) is 0 Å². The molecule has 16 heavy (non-hydrogen) atoms. The van der Waals surface area contributed by atoms with Crippen molar-refractivity contribution in [2.45, 2.75) is 68.3 Å². The fourth-order valence-corrected chi connectivity index (χ4v) is 5.34. The van der Waals surface area contributed by atoms with Gasteiger partial charge in [0, 0.05) is 12.8 Å². The lowest BCUT2D eigenvalue weighted by Gasteiger charge is -2.28. The van der Waals surface area contributed by atoms with E-state index >= 15 is 0 Å². The lowest BCUT2D eigenvalue weighted by molar-refractivity contribution is -0.120. The number of ketones is 1. The number of hydrogen-bond donors (Lipinski definition) is 0. The van der Waals surface area contributed by atoms with Crippen LogP contribution < -0.4 is 0 Å². The van der Waals surface area contributed by atoms with Crippen molar-refractivity contribution in [2.24, 2.45) is 0 Å². The molecule has 0 spiro atoms. The fraction of sp³-hybridized carbons (Fsp3) is 0.917. The van der Waals surface area contributed by atoms with E-state index in [9.17, 15) is 13.2 Å². The SMILES string of the molecule is O=C1CCC(S(=O)(=O)C2CCCCC2)CC1. The van der Waals surface area contributed by atoms with E-state index in [0.29, 0.717) is 25.7 Å². The van der Waals surface area contributed by atoms with Crippen LogP contribution in [-0.2, 0) is 14.6 Å². The summed E-state index contributed by atoms with van der Waals surface area (Å²) in [5.74, 6) is 0.232. The molecule has 4 heteroatoms. The number of hydrogen-bond acceptors (Lipinski definition) is 3. The van der Waals surface area contributed by atoms with Gasteiger partial charge in [0.05, 0.1) is 10.5 Å². The molecule has 92 valence electrons. The number of carbonyl (C=O) groups excluding carboxylic acids is 1. The number of carbonyl (C=O) groups is 1. The molecule has 3 nitrogen and oxygen atoms in total. The quantitative estimate of drug-likeness (QED) is 0.748. The highest BCUT2D eigenvalue weighted by Gasteiger charge is 2.36. The predicted octanol–water partition coefficient (Wildman–Crippen LogP) is 2.25. The summed E-state index contributed by atoms with van der Waals surface area (Å²) in [6.45, 7) is 0. The smallest absolute Gasteiger partial charge is 0.156 e. The number of rotatable bonds is 2. The minimum absolute atomic E-state index is 0.112. The van der Waals surface area contributed by atoms with Crippen molar-refractivity contribution in [3.05, 3.63) is 0 Å². The van der Waals surface area contributed by atoms with Crippen LogP contribution in [0.15, 0.2) is 0 Å². The van der Waals surface area contributed by atoms with Gasteiger partial charge in [0.25, 0.3) is 0 Å². The molecule has 2 aliphatic rings. The zero-order valence-electron chi connectivity index (χ0n) is 9.65. The molecule has 2 saturated carbocycles. The molecule has 0 aromatic heterocycles. The van der Waals surface area contributed by atoms with Gasteiger partial charge >= 0.3 is 0 Å². The molecule has 0 N–H and O–H groups in total. The molecular formula is C12H20O3S. The van der Waals surface area contributed by atoms with Crippen LogP contribution >= 0.6 is 0 Å². The lowest BCUT2D eigenvalue weighted by Crippen LogP contribution is -2.36. The van der Waals surface area contributed by atoms with E-state index in [0.717, 1.165) is 25.7 Å². The first-order valence-electron chi connectivity index (χ1n) is 6.35. The van der Waals surface area contributed by atoms with Crippen LogP contribution in [0.5, 0.6) is 0 Å². The molecule has 0 aliphatic heterocycles. The number of Topliss-reactive ketones (excluding diaryl/α,β-unsaturated/α-hetero) is 1. The first-order valence-corrected chi connectivity index (χ1v) is 7.96. The topological polar surface area (TPSA) is 51.2 Å². The Morgan fingerprint density at radius 1 is 0.812 bits per heavy atom. The summed E-state index contributed by atoms with van der Waals surface area (Å²) in [6.07, 6.45) is 7.03. The van der Waals surface area contributed by atoms with Gasteiger partial charge < -0.3 is 0 Å². The third-order valence-electron chi connectivity index (χ3n) is 3.97. The van der Waals surface area contributed by atoms with Gasteiger partial charge in [0.2, 0.25) is 0 Å². The van der Waals surface area contributed by atoms with Crippen molar-refractivity contribution in [1.82, 2.24) is 0 Å². The third-order valence-corrected chi connectivity index (χ3v) is 6.77. The van der Waals surface area contributed by atoms with Gasteiger partial charge in [-0.05, 0) is 25.7 Å². The highest BCUT2D eigenvalue weighted by Crippen LogP contribution is 2.31. The van der Waals surface area contributed by atoms with Crippen molar-refractivity contribution in [2.75, 3.05) is 0 Å². The van der Waals surface area contributed by atoms with Gasteiger partial charge in [-0.25, -0.2) is 8.42 Å². The van der Waals surface area contributed by atoms with Crippen molar-refractivity contribution in [3.63, 3.8) is 0 Å². The summed E-state index contributed by atoms with van der Waals surface area (Å²) in [6, 6.07) is 0. The van der Waals surface area contributed by atoms with Crippen LogP contribution in [0.3, 0.4) is 0 Å². The summed E-state index contributed by atoms with van der Waals surface area (Å²) in [7, 11) is -2.96. The highest BCUT2D eigenvalue weighted by molar-refractivity contribution is 7.92. The van der Waals surface area contributed by atoms with Crippen molar-refractivity contribution in [3.8, 4) is 0 Å². The Bertz CT molecular complexity index is 342. The zero-order valence-corrected chi connectivity index (χ0v) is 10.5. The molecule has 0 atom stereocenters. The molecule has 0 bridgehead atoms. The summed E-state index contributed by atoms with van der Waals surface area (Å²) in [4.78, 5) is 11.1. The summed E-state index contributed by atoms with van der Waals surface area (Å²) >= 11 is 0. The Kier molecular flexibility index (Phi) is 3.67. The van der Waals surface area contributed by atoms with Crippen LogP contribution in [0.2, 0.25) is 0 Å². The van der Waals surface area contributed by atoms with Gasteiger partial charge in [0.15, 0.2) is 9.84 Å². The molecular weight excluding hydrogens is 224 g/mol. The van der Waals surface area contributed by atoms with Crippen LogP contribution in [0.4, 0.5) is 0 Å². The Balaban J connectivity index is 2.03. The largest absolute Gasteiger partial charge is 0.300 e. The molecule has 2 rings (SSSR count). The second-order valence-corrected chi connectivity index (χ2v) is 7.60. The maximum atomic E-state index is 12.3. The molecule has 2 aliphatic carbocycles. The Morgan fingerprint density at radius 3 is 1.88 bits per heavy atom. The molecule has 0 unspecified atom stereocenters. The maximum Gasteiger partial charge on any atom is 0.156 e. The van der Waals surface area contributed by atoms with E-state index in [2.05, 4.69) is 0 Å². The maximum absolute atomic E-state index is 12.3. The van der Waals surface area contributed by atoms with Gasteiger partial charge in [-0.3, -0.25) is 4.79 Å². The molecule has 0 radical (unpaired) electrons.